The van der Waals surface area contributed by atoms with Crippen LogP contribution in [0.15, 0.2) is 48.5 Å². The van der Waals surface area contributed by atoms with Crippen LogP contribution in [0.4, 0.5) is 22.0 Å². The minimum atomic E-state index is -4.78. The van der Waals surface area contributed by atoms with Crippen LogP contribution in [-0.2, 0) is 6.18 Å². The van der Waals surface area contributed by atoms with E-state index in [1.807, 2.05) is 12.1 Å². The second-order valence-corrected chi connectivity index (χ2v) is 8.61. The van der Waals surface area contributed by atoms with Gasteiger partial charge in [0.1, 0.15) is 11.6 Å². The normalized spacial score (nSPS) is 19.7. The molecule has 0 spiro atoms. The summed E-state index contributed by atoms with van der Waals surface area (Å²) in [5, 5.41) is 1.14. The van der Waals surface area contributed by atoms with Crippen LogP contribution in [-0.4, -0.2) is 0 Å². The van der Waals surface area contributed by atoms with Crippen LogP contribution < -0.4 is 0 Å². The van der Waals surface area contributed by atoms with Crippen LogP contribution in [0.3, 0.4) is 0 Å². The van der Waals surface area contributed by atoms with Gasteiger partial charge in [-0.15, -0.1) is 0 Å². The Hall–Kier alpha value is -2.43. The molecule has 0 aliphatic heterocycles. The maximum atomic E-state index is 15.2. The number of halogens is 5. The summed E-state index contributed by atoms with van der Waals surface area (Å²) in [4.78, 5) is 0. The molecule has 0 radical (unpaired) electrons. The molecule has 31 heavy (non-hydrogen) atoms. The lowest BCUT2D eigenvalue weighted by molar-refractivity contribution is -0.139. The zero-order valence-electron chi connectivity index (χ0n) is 17.4. The largest absolute Gasteiger partial charge is 0.419 e. The summed E-state index contributed by atoms with van der Waals surface area (Å²) < 4.78 is 67.6. The molecule has 3 aromatic rings. The van der Waals surface area contributed by atoms with Gasteiger partial charge in [0, 0.05) is 10.9 Å². The van der Waals surface area contributed by atoms with Crippen molar-refractivity contribution < 1.29 is 22.0 Å². The Morgan fingerprint density at radius 3 is 2.26 bits per heavy atom. The number of hydrogen-bond donors (Lipinski definition) is 0. The number of alkyl halides is 3. The molecule has 0 N–H and O–H groups in total. The van der Waals surface area contributed by atoms with Crippen molar-refractivity contribution in [1.82, 2.24) is 0 Å². The van der Waals surface area contributed by atoms with E-state index in [4.69, 9.17) is 0 Å². The van der Waals surface area contributed by atoms with Crippen molar-refractivity contribution in [2.24, 2.45) is 5.92 Å². The molecule has 0 amide bonds. The van der Waals surface area contributed by atoms with Gasteiger partial charge in [0.15, 0.2) is 0 Å². The van der Waals surface area contributed by atoms with E-state index in [2.05, 4.69) is 6.92 Å². The van der Waals surface area contributed by atoms with Crippen LogP contribution >= 0.6 is 0 Å². The highest BCUT2D eigenvalue weighted by Gasteiger charge is 2.34. The van der Waals surface area contributed by atoms with E-state index in [1.54, 1.807) is 12.1 Å². The quantitative estimate of drug-likeness (QED) is 0.361. The highest BCUT2D eigenvalue weighted by atomic mass is 19.4. The summed E-state index contributed by atoms with van der Waals surface area (Å²) in [6, 6.07) is 11.5. The van der Waals surface area contributed by atoms with Crippen molar-refractivity contribution in [2.45, 2.75) is 57.5 Å². The summed E-state index contributed by atoms with van der Waals surface area (Å²) in [5.74, 6) is -0.663. The summed E-state index contributed by atoms with van der Waals surface area (Å²) in [7, 11) is 0. The van der Waals surface area contributed by atoms with E-state index in [0.717, 1.165) is 36.3 Å². The smallest absolute Gasteiger partial charge is 0.206 e. The second-order valence-electron chi connectivity index (χ2n) is 8.61. The predicted octanol–water partition coefficient (Wildman–Crippen LogP) is 8.88. The predicted molar refractivity (Wildman–Crippen MR) is 114 cm³/mol. The fourth-order valence-corrected chi connectivity index (χ4v) is 4.89. The number of fused-ring (bicyclic) bond motifs is 1. The van der Waals surface area contributed by atoms with Crippen LogP contribution in [0.1, 0.15) is 62.5 Å². The average molecular weight is 432 g/mol. The van der Waals surface area contributed by atoms with Gasteiger partial charge in [-0.25, -0.2) is 8.78 Å². The minimum absolute atomic E-state index is 0.0863. The van der Waals surface area contributed by atoms with E-state index in [1.165, 1.54) is 37.3 Å². The van der Waals surface area contributed by atoms with E-state index < -0.39 is 23.4 Å². The zero-order valence-corrected chi connectivity index (χ0v) is 17.4. The third-order valence-corrected chi connectivity index (χ3v) is 6.58. The minimum Gasteiger partial charge on any atom is -0.206 e. The Balaban J connectivity index is 1.62. The van der Waals surface area contributed by atoms with E-state index in [9.17, 15) is 17.6 Å². The number of benzene rings is 3. The third-order valence-electron chi connectivity index (χ3n) is 6.58. The molecule has 0 heterocycles. The van der Waals surface area contributed by atoms with Crippen LogP contribution in [0.5, 0.6) is 0 Å². The van der Waals surface area contributed by atoms with Gasteiger partial charge in [-0.2, -0.15) is 13.2 Å². The molecule has 0 atom stereocenters. The van der Waals surface area contributed by atoms with Gasteiger partial charge < -0.3 is 0 Å². The molecule has 0 saturated heterocycles. The molecule has 0 aromatic heterocycles. The van der Waals surface area contributed by atoms with E-state index in [-0.39, 0.29) is 11.1 Å². The maximum Gasteiger partial charge on any atom is 0.419 e. The standard InChI is InChI=1S/C26H25F5/c1-2-3-16-4-6-17(7-5-16)18-8-11-21-19(14-18)9-12-22(25(21)28)20-10-13-23(24(27)15-20)26(29,30)31/h8-17H,2-7H2,1H3. The molecular formula is C26H25F5. The van der Waals surface area contributed by atoms with Crippen molar-refractivity contribution in [3.05, 3.63) is 71.3 Å². The fraction of sp³-hybridized carbons (Fsp3) is 0.385. The number of rotatable bonds is 4. The van der Waals surface area contributed by atoms with Crippen molar-refractivity contribution in [1.29, 1.82) is 0 Å². The topological polar surface area (TPSA) is 0 Å². The van der Waals surface area contributed by atoms with Gasteiger partial charge in [0.2, 0.25) is 0 Å². The highest BCUT2D eigenvalue weighted by Crippen LogP contribution is 2.39. The van der Waals surface area contributed by atoms with Gasteiger partial charge in [-0.05, 0) is 66.2 Å². The molecule has 3 aromatic carbocycles. The molecule has 4 rings (SSSR count). The third kappa shape index (κ3) is 4.46. The van der Waals surface area contributed by atoms with Gasteiger partial charge in [0.05, 0.1) is 5.56 Å². The first-order valence-electron chi connectivity index (χ1n) is 10.9. The molecule has 1 fully saturated rings. The van der Waals surface area contributed by atoms with Crippen LogP contribution in [0.25, 0.3) is 21.9 Å². The van der Waals surface area contributed by atoms with Crippen molar-refractivity contribution in [2.75, 3.05) is 0 Å². The number of hydrogen-bond acceptors (Lipinski definition) is 0. The van der Waals surface area contributed by atoms with Gasteiger partial charge in [0.25, 0.3) is 0 Å². The fourth-order valence-electron chi connectivity index (χ4n) is 4.89. The van der Waals surface area contributed by atoms with Crippen molar-refractivity contribution in [3.8, 4) is 11.1 Å². The molecule has 5 heteroatoms. The lowest BCUT2D eigenvalue weighted by Crippen LogP contribution is -2.13. The molecule has 164 valence electrons. The first kappa shape index (κ1) is 21.8. The SMILES string of the molecule is CCCC1CCC(c2ccc3c(F)c(-c4ccc(C(F)(F)F)c(F)c4)ccc3c2)CC1. The molecule has 1 aliphatic rings. The Morgan fingerprint density at radius 2 is 1.61 bits per heavy atom. The molecule has 0 nitrogen and oxygen atoms in total. The maximum absolute atomic E-state index is 15.2. The summed E-state index contributed by atoms with van der Waals surface area (Å²) in [6.45, 7) is 2.22. The first-order chi connectivity index (χ1) is 14.8. The molecule has 0 bridgehead atoms. The van der Waals surface area contributed by atoms with E-state index >= 15 is 4.39 Å². The monoisotopic (exact) mass is 432 g/mol. The lowest BCUT2D eigenvalue weighted by atomic mass is 9.77. The van der Waals surface area contributed by atoms with E-state index in [0.29, 0.717) is 17.4 Å². The Bertz CT molecular complexity index is 1080. The first-order valence-corrected chi connectivity index (χ1v) is 10.9. The zero-order chi connectivity index (χ0) is 22.2. The summed E-state index contributed by atoms with van der Waals surface area (Å²) in [6.07, 6.45) is 2.45. The van der Waals surface area contributed by atoms with Crippen molar-refractivity contribution in [3.63, 3.8) is 0 Å². The van der Waals surface area contributed by atoms with Gasteiger partial charge >= 0.3 is 6.18 Å². The average Bonchev–Trinajstić information content (AvgIpc) is 2.73. The summed E-state index contributed by atoms with van der Waals surface area (Å²) >= 11 is 0. The molecule has 0 unspecified atom stereocenters. The summed E-state index contributed by atoms with van der Waals surface area (Å²) in [5.41, 5.74) is 0.0297. The van der Waals surface area contributed by atoms with Gasteiger partial charge in [-0.3, -0.25) is 0 Å². The molecule has 1 aliphatic carbocycles. The second kappa shape index (κ2) is 8.60. The molecule has 1 saturated carbocycles. The Morgan fingerprint density at radius 1 is 0.871 bits per heavy atom. The lowest BCUT2D eigenvalue weighted by Gasteiger charge is -2.28. The highest BCUT2D eigenvalue weighted by molar-refractivity contribution is 5.89. The van der Waals surface area contributed by atoms with Crippen molar-refractivity contribution >= 4 is 10.8 Å². The van der Waals surface area contributed by atoms with Gasteiger partial charge in [-0.1, -0.05) is 56.2 Å². The molecular weight excluding hydrogens is 407 g/mol. The van der Waals surface area contributed by atoms with Crippen LogP contribution in [0.2, 0.25) is 0 Å². The Kier molecular flexibility index (Phi) is 6.05. The Labute approximate surface area is 179 Å². The van der Waals surface area contributed by atoms with Crippen LogP contribution in [0, 0.1) is 17.6 Å².